The van der Waals surface area contributed by atoms with E-state index in [0.717, 1.165) is 13.0 Å². The SMILES string of the molecule is CCC1(COC2CCCCC2)C=CO1. The third kappa shape index (κ3) is 2.11. The number of hydrogen-bond donors (Lipinski definition) is 0. The van der Waals surface area contributed by atoms with Crippen LogP contribution in [0.2, 0.25) is 0 Å². The Hall–Kier alpha value is -0.500. The predicted octanol–water partition coefficient (Wildman–Crippen LogP) is 3.03. The third-order valence-corrected chi connectivity index (χ3v) is 3.39. The van der Waals surface area contributed by atoms with Gasteiger partial charge in [0.05, 0.1) is 19.0 Å². The van der Waals surface area contributed by atoms with Crippen molar-refractivity contribution in [1.29, 1.82) is 0 Å². The molecular weight excluding hydrogens is 176 g/mol. The minimum atomic E-state index is -0.0859. The highest BCUT2D eigenvalue weighted by atomic mass is 16.6. The Morgan fingerprint density at radius 2 is 2.07 bits per heavy atom. The van der Waals surface area contributed by atoms with Crippen molar-refractivity contribution in [2.75, 3.05) is 6.61 Å². The van der Waals surface area contributed by atoms with Crippen LogP contribution < -0.4 is 0 Å². The summed E-state index contributed by atoms with van der Waals surface area (Å²) in [6, 6.07) is 0. The molecule has 80 valence electrons. The van der Waals surface area contributed by atoms with Crippen LogP contribution in [0.5, 0.6) is 0 Å². The molecule has 1 atom stereocenters. The summed E-state index contributed by atoms with van der Waals surface area (Å²) in [6.07, 6.45) is 11.9. The van der Waals surface area contributed by atoms with Crippen molar-refractivity contribution < 1.29 is 9.47 Å². The Morgan fingerprint density at radius 3 is 2.57 bits per heavy atom. The quantitative estimate of drug-likeness (QED) is 0.688. The van der Waals surface area contributed by atoms with Gasteiger partial charge in [-0.15, -0.1) is 0 Å². The minimum Gasteiger partial charge on any atom is -0.488 e. The largest absolute Gasteiger partial charge is 0.488 e. The first-order valence-electron chi connectivity index (χ1n) is 5.82. The topological polar surface area (TPSA) is 18.5 Å². The van der Waals surface area contributed by atoms with Crippen LogP contribution in [0.4, 0.5) is 0 Å². The summed E-state index contributed by atoms with van der Waals surface area (Å²) in [7, 11) is 0. The Labute approximate surface area is 86.3 Å². The van der Waals surface area contributed by atoms with Crippen molar-refractivity contribution in [2.45, 2.75) is 57.2 Å². The van der Waals surface area contributed by atoms with E-state index >= 15 is 0 Å². The van der Waals surface area contributed by atoms with Crippen LogP contribution in [0.15, 0.2) is 12.3 Å². The van der Waals surface area contributed by atoms with E-state index in [0.29, 0.717) is 6.10 Å². The van der Waals surface area contributed by atoms with Gasteiger partial charge < -0.3 is 9.47 Å². The zero-order chi connectivity index (χ0) is 9.86. The van der Waals surface area contributed by atoms with Crippen LogP contribution in [0.3, 0.4) is 0 Å². The number of rotatable bonds is 4. The highest BCUT2D eigenvalue weighted by molar-refractivity contribution is 5.08. The molecule has 0 N–H and O–H groups in total. The van der Waals surface area contributed by atoms with E-state index in [2.05, 4.69) is 13.0 Å². The van der Waals surface area contributed by atoms with Crippen molar-refractivity contribution in [1.82, 2.24) is 0 Å². The van der Waals surface area contributed by atoms with E-state index in [-0.39, 0.29) is 5.60 Å². The first-order valence-corrected chi connectivity index (χ1v) is 5.82. The molecule has 0 spiro atoms. The standard InChI is InChI=1S/C12H20O2/c1-2-12(8-9-14-12)10-13-11-6-4-3-5-7-11/h8-9,11H,2-7,10H2,1H3. The fourth-order valence-electron chi connectivity index (χ4n) is 2.14. The maximum absolute atomic E-state index is 5.90. The predicted molar refractivity (Wildman–Crippen MR) is 56.1 cm³/mol. The van der Waals surface area contributed by atoms with E-state index in [1.54, 1.807) is 6.26 Å². The lowest BCUT2D eigenvalue weighted by molar-refractivity contribution is -0.0845. The van der Waals surface area contributed by atoms with Gasteiger partial charge in [-0.3, -0.25) is 0 Å². The zero-order valence-electron chi connectivity index (χ0n) is 9.00. The fraction of sp³-hybridized carbons (Fsp3) is 0.833. The maximum atomic E-state index is 5.90. The van der Waals surface area contributed by atoms with Gasteiger partial charge >= 0.3 is 0 Å². The first-order chi connectivity index (χ1) is 6.85. The van der Waals surface area contributed by atoms with Crippen LogP contribution in [0.25, 0.3) is 0 Å². The summed E-state index contributed by atoms with van der Waals surface area (Å²) in [5, 5.41) is 0. The third-order valence-electron chi connectivity index (χ3n) is 3.39. The Bertz CT molecular complexity index is 206. The second kappa shape index (κ2) is 4.35. The molecule has 0 aromatic carbocycles. The van der Waals surface area contributed by atoms with Crippen LogP contribution in [-0.4, -0.2) is 18.3 Å². The fourth-order valence-corrected chi connectivity index (χ4v) is 2.14. The molecule has 0 saturated heterocycles. The van der Waals surface area contributed by atoms with Gasteiger partial charge in [-0.25, -0.2) is 0 Å². The molecule has 0 amide bonds. The summed E-state index contributed by atoms with van der Waals surface area (Å²) in [6.45, 7) is 2.89. The molecular formula is C12H20O2. The number of hydrogen-bond acceptors (Lipinski definition) is 2. The zero-order valence-corrected chi connectivity index (χ0v) is 9.00. The normalized spacial score (nSPS) is 32.4. The molecule has 1 saturated carbocycles. The molecule has 1 aliphatic carbocycles. The molecule has 2 aliphatic rings. The highest BCUT2D eigenvalue weighted by Gasteiger charge is 2.33. The van der Waals surface area contributed by atoms with Crippen LogP contribution >= 0.6 is 0 Å². The minimum absolute atomic E-state index is 0.0859. The lowest BCUT2D eigenvalue weighted by atomic mass is 9.96. The van der Waals surface area contributed by atoms with Crippen molar-refractivity contribution >= 4 is 0 Å². The second-order valence-corrected chi connectivity index (χ2v) is 4.41. The van der Waals surface area contributed by atoms with Crippen LogP contribution in [0, 0.1) is 0 Å². The number of ether oxygens (including phenoxy) is 2. The lowest BCUT2D eigenvalue weighted by Crippen LogP contribution is -2.40. The maximum Gasteiger partial charge on any atom is 0.152 e. The average Bonchev–Trinajstić information content (AvgIpc) is 2.19. The molecule has 0 radical (unpaired) electrons. The molecule has 2 nitrogen and oxygen atoms in total. The van der Waals surface area contributed by atoms with E-state index < -0.39 is 0 Å². The van der Waals surface area contributed by atoms with E-state index in [4.69, 9.17) is 9.47 Å². The molecule has 0 bridgehead atoms. The highest BCUT2D eigenvalue weighted by Crippen LogP contribution is 2.29. The first kappa shape index (κ1) is 10.0. The molecule has 2 heteroatoms. The van der Waals surface area contributed by atoms with Gasteiger partial charge in [0.25, 0.3) is 0 Å². The van der Waals surface area contributed by atoms with E-state index in [1.165, 1.54) is 32.1 Å². The van der Waals surface area contributed by atoms with Crippen molar-refractivity contribution in [3.63, 3.8) is 0 Å². The van der Waals surface area contributed by atoms with E-state index in [1.807, 2.05) is 0 Å². The summed E-state index contributed by atoms with van der Waals surface area (Å²) in [4.78, 5) is 0. The summed E-state index contributed by atoms with van der Waals surface area (Å²) < 4.78 is 11.4. The van der Waals surface area contributed by atoms with Crippen LogP contribution in [0.1, 0.15) is 45.4 Å². The van der Waals surface area contributed by atoms with Gasteiger partial charge in [-0.2, -0.15) is 0 Å². The average molecular weight is 196 g/mol. The lowest BCUT2D eigenvalue weighted by Gasteiger charge is -2.36. The van der Waals surface area contributed by atoms with Gasteiger partial charge in [0.1, 0.15) is 0 Å². The van der Waals surface area contributed by atoms with Crippen molar-refractivity contribution in [2.24, 2.45) is 0 Å². The Kier molecular flexibility index (Phi) is 3.12. The Balaban J connectivity index is 1.73. The monoisotopic (exact) mass is 196 g/mol. The van der Waals surface area contributed by atoms with Crippen LogP contribution in [-0.2, 0) is 9.47 Å². The van der Waals surface area contributed by atoms with Gasteiger partial charge in [0, 0.05) is 0 Å². The smallest absolute Gasteiger partial charge is 0.152 e. The van der Waals surface area contributed by atoms with Gasteiger partial charge in [-0.1, -0.05) is 26.2 Å². The van der Waals surface area contributed by atoms with Crippen molar-refractivity contribution in [3.05, 3.63) is 12.3 Å². The van der Waals surface area contributed by atoms with Gasteiger partial charge in [-0.05, 0) is 25.3 Å². The summed E-state index contributed by atoms with van der Waals surface area (Å²) in [5.74, 6) is 0. The molecule has 1 aliphatic heterocycles. The molecule has 0 aromatic heterocycles. The van der Waals surface area contributed by atoms with Gasteiger partial charge in [0.15, 0.2) is 5.60 Å². The summed E-state index contributed by atoms with van der Waals surface area (Å²) >= 11 is 0. The molecule has 0 aromatic rings. The summed E-state index contributed by atoms with van der Waals surface area (Å²) in [5.41, 5.74) is -0.0859. The van der Waals surface area contributed by atoms with Crippen molar-refractivity contribution in [3.8, 4) is 0 Å². The molecule has 2 rings (SSSR count). The molecule has 1 unspecified atom stereocenters. The Morgan fingerprint density at radius 1 is 1.36 bits per heavy atom. The second-order valence-electron chi connectivity index (χ2n) is 4.41. The molecule has 14 heavy (non-hydrogen) atoms. The van der Waals surface area contributed by atoms with Gasteiger partial charge in [0.2, 0.25) is 0 Å². The van der Waals surface area contributed by atoms with E-state index in [9.17, 15) is 0 Å². The molecule has 1 heterocycles. The molecule has 1 fully saturated rings.